The molecule has 5 nitrogen and oxygen atoms in total. The Kier molecular flexibility index (Phi) is 12.9. The molecule has 0 saturated carbocycles. The minimum Gasteiger partial charge on any atom is -0.379 e. The number of allylic oxidation sites excluding steroid dienone is 2. The zero-order valence-electron chi connectivity index (χ0n) is 28.8. The molecule has 2 aromatic carbocycles. The Morgan fingerprint density at radius 3 is 2.24 bits per heavy atom. The van der Waals surface area contributed by atoms with Gasteiger partial charge in [-0.2, -0.15) is 5.10 Å². The van der Waals surface area contributed by atoms with Gasteiger partial charge in [0.25, 0.3) is 0 Å². The highest BCUT2D eigenvalue weighted by Gasteiger charge is 2.26. The van der Waals surface area contributed by atoms with Crippen LogP contribution >= 0.6 is 0 Å². The molecule has 0 spiro atoms. The maximum absolute atomic E-state index is 4.64. The molecule has 2 atom stereocenters. The second-order valence-corrected chi connectivity index (χ2v) is 14.0. The number of nitrogens with zero attached hydrogens (tertiary/aromatic N) is 2. The molecule has 2 unspecified atom stereocenters. The molecule has 1 aromatic heterocycles. The molecule has 0 radical (unpaired) electrons. The zero-order valence-corrected chi connectivity index (χ0v) is 28.8. The highest BCUT2D eigenvalue weighted by atomic mass is 15.3. The van der Waals surface area contributed by atoms with Gasteiger partial charge in [0.05, 0.1) is 23.5 Å². The Morgan fingerprint density at radius 2 is 1.62 bits per heavy atom. The molecule has 45 heavy (non-hydrogen) atoms. The average molecular weight is 608 g/mol. The fourth-order valence-electron chi connectivity index (χ4n) is 5.60. The zero-order chi connectivity index (χ0) is 33.0. The SMILES string of the molecule is C=CC(CCn1cc(NC(=C)C(CCCc2ccccc2)NC(=C)C(C)(C)NC(=C)CC(C)(C)C)cn1)c1ccc(CC)cc1. The molecule has 0 amide bonds. The molecule has 242 valence electrons. The molecule has 0 aliphatic rings. The van der Waals surface area contributed by atoms with Crippen molar-refractivity contribution in [3.8, 4) is 0 Å². The van der Waals surface area contributed by atoms with Gasteiger partial charge in [-0.15, -0.1) is 6.58 Å². The van der Waals surface area contributed by atoms with Gasteiger partial charge in [0, 0.05) is 35.8 Å². The van der Waals surface area contributed by atoms with Crippen LogP contribution in [0.4, 0.5) is 5.69 Å². The van der Waals surface area contributed by atoms with Crippen molar-refractivity contribution < 1.29 is 0 Å². The van der Waals surface area contributed by atoms with E-state index in [0.717, 1.165) is 67.8 Å². The van der Waals surface area contributed by atoms with Crippen molar-refractivity contribution in [1.29, 1.82) is 0 Å². The summed E-state index contributed by atoms with van der Waals surface area (Å²) in [5, 5.41) is 15.5. The van der Waals surface area contributed by atoms with E-state index in [4.69, 9.17) is 0 Å². The number of aromatic nitrogens is 2. The second kappa shape index (κ2) is 16.4. The van der Waals surface area contributed by atoms with Crippen LogP contribution < -0.4 is 16.0 Å². The van der Waals surface area contributed by atoms with E-state index in [2.05, 4.69) is 150 Å². The molecule has 0 saturated heterocycles. The highest BCUT2D eigenvalue weighted by molar-refractivity contribution is 5.45. The monoisotopic (exact) mass is 607 g/mol. The first-order chi connectivity index (χ1) is 21.3. The molecule has 1 heterocycles. The van der Waals surface area contributed by atoms with Gasteiger partial charge >= 0.3 is 0 Å². The van der Waals surface area contributed by atoms with Gasteiger partial charge in [0.2, 0.25) is 0 Å². The summed E-state index contributed by atoms with van der Waals surface area (Å²) in [7, 11) is 0. The highest BCUT2D eigenvalue weighted by Crippen LogP contribution is 2.26. The lowest BCUT2D eigenvalue weighted by atomic mass is 9.89. The van der Waals surface area contributed by atoms with Gasteiger partial charge in [-0.05, 0) is 74.5 Å². The van der Waals surface area contributed by atoms with Crippen molar-refractivity contribution in [2.24, 2.45) is 5.41 Å². The molecule has 0 aliphatic carbocycles. The third-order valence-corrected chi connectivity index (χ3v) is 8.27. The van der Waals surface area contributed by atoms with Crippen LogP contribution in [0.25, 0.3) is 0 Å². The smallest absolute Gasteiger partial charge is 0.0768 e. The lowest BCUT2D eigenvalue weighted by molar-refractivity contribution is 0.370. The normalized spacial score (nSPS) is 13.0. The van der Waals surface area contributed by atoms with Crippen LogP contribution in [-0.2, 0) is 19.4 Å². The summed E-state index contributed by atoms with van der Waals surface area (Å²) in [6.07, 6.45) is 11.8. The van der Waals surface area contributed by atoms with E-state index in [9.17, 15) is 0 Å². The molecular formula is C40H57N5. The van der Waals surface area contributed by atoms with Crippen LogP contribution in [0.15, 0.2) is 116 Å². The lowest BCUT2D eigenvalue weighted by Crippen LogP contribution is -2.48. The Labute approximate surface area is 273 Å². The first-order valence-corrected chi connectivity index (χ1v) is 16.4. The minimum absolute atomic E-state index is 0.0160. The van der Waals surface area contributed by atoms with Crippen molar-refractivity contribution in [2.75, 3.05) is 5.32 Å². The standard InChI is InChI=1S/C40H57N5/c1-11-33-21-23-36(24-22-33)35(12-2)25-26-45-29-37(28-41-45)42-31(4)38(20-16-19-34-17-14-13-15-18-34)43-32(5)40(9,10)44-30(3)27-39(6,7)8/h12-15,17-18,21-24,28-29,35,38,42-44H,2-5,11,16,19-20,25-27H2,1,6-10H3. The van der Waals surface area contributed by atoms with Gasteiger partial charge in [-0.3, -0.25) is 4.68 Å². The predicted octanol–water partition coefficient (Wildman–Crippen LogP) is 9.54. The Bertz CT molecular complexity index is 1390. The lowest BCUT2D eigenvalue weighted by Gasteiger charge is -2.36. The minimum atomic E-state index is -0.385. The van der Waals surface area contributed by atoms with Gasteiger partial charge < -0.3 is 16.0 Å². The van der Waals surface area contributed by atoms with Gasteiger partial charge in [0.1, 0.15) is 0 Å². The van der Waals surface area contributed by atoms with Crippen LogP contribution in [0, 0.1) is 5.41 Å². The predicted molar refractivity (Wildman–Crippen MR) is 194 cm³/mol. The Morgan fingerprint density at radius 1 is 0.933 bits per heavy atom. The number of rotatable bonds is 19. The number of hydrogen-bond acceptors (Lipinski definition) is 4. The van der Waals surface area contributed by atoms with E-state index in [0.29, 0.717) is 0 Å². The largest absolute Gasteiger partial charge is 0.379 e. The third-order valence-electron chi connectivity index (χ3n) is 8.27. The summed E-state index contributed by atoms with van der Waals surface area (Å²) in [6.45, 7) is 31.3. The summed E-state index contributed by atoms with van der Waals surface area (Å²) in [5.41, 5.74) is 7.51. The topological polar surface area (TPSA) is 53.9 Å². The van der Waals surface area contributed by atoms with Crippen LogP contribution in [0.2, 0.25) is 0 Å². The number of anilines is 1. The molecule has 5 heteroatoms. The van der Waals surface area contributed by atoms with Gasteiger partial charge in [0.15, 0.2) is 0 Å². The number of benzene rings is 2. The van der Waals surface area contributed by atoms with E-state index >= 15 is 0 Å². The van der Waals surface area contributed by atoms with Crippen molar-refractivity contribution in [2.45, 2.75) is 104 Å². The Hall–Kier alpha value is -3.99. The number of hydrogen-bond donors (Lipinski definition) is 3. The van der Waals surface area contributed by atoms with Crippen molar-refractivity contribution in [3.63, 3.8) is 0 Å². The van der Waals surface area contributed by atoms with Crippen molar-refractivity contribution >= 4 is 5.69 Å². The van der Waals surface area contributed by atoms with Crippen LogP contribution in [0.1, 0.15) is 89.8 Å². The molecule has 0 fully saturated rings. The summed E-state index contributed by atoms with van der Waals surface area (Å²) >= 11 is 0. The maximum Gasteiger partial charge on any atom is 0.0768 e. The average Bonchev–Trinajstić information content (AvgIpc) is 3.43. The van der Waals surface area contributed by atoms with E-state index in [-0.39, 0.29) is 22.9 Å². The third kappa shape index (κ3) is 11.8. The number of aryl methyl sites for hydroxylation is 3. The second-order valence-electron chi connectivity index (χ2n) is 14.0. The summed E-state index contributed by atoms with van der Waals surface area (Å²) in [4.78, 5) is 0. The molecule has 0 aliphatic heterocycles. The summed E-state index contributed by atoms with van der Waals surface area (Å²) in [6, 6.07) is 19.5. The quantitative estimate of drug-likeness (QED) is 0.119. The molecule has 3 aromatic rings. The Balaban J connectivity index is 1.65. The van der Waals surface area contributed by atoms with Crippen molar-refractivity contribution in [3.05, 3.63) is 133 Å². The molecular weight excluding hydrogens is 550 g/mol. The first-order valence-electron chi connectivity index (χ1n) is 16.4. The number of nitrogens with one attached hydrogen (secondary N) is 3. The van der Waals surface area contributed by atoms with Crippen LogP contribution in [0.3, 0.4) is 0 Å². The molecule has 3 rings (SSSR count). The van der Waals surface area contributed by atoms with Gasteiger partial charge in [-0.1, -0.05) is 108 Å². The van der Waals surface area contributed by atoms with E-state index in [1.54, 1.807) is 0 Å². The van der Waals surface area contributed by atoms with Crippen LogP contribution in [-0.4, -0.2) is 21.4 Å². The van der Waals surface area contributed by atoms with E-state index in [1.807, 2.05) is 17.0 Å². The first kappa shape index (κ1) is 35.5. The van der Waals surface area contributed by atoms with E-state index in [1.165, 1.54) is 16.7 Å². The molecule has 3 N–H and O–H groups in total. The van der Waals surface area contributed by atoms with Gasteiger partial charge in [-0.25, -0.2) is 0 Å². The summed E-state index contributed by atoms with van der Waals surface area (Å²) in [5.74, 6) is 0.284. The fraction of sp³-hybridized carbons (Fsp3) is 0.425. The van der Waals surface area contributed by atoms with Crippen molar-refractivity contribution in [1.82, 2.24) is 20.4 Å². The molecule has 0 bridgehead atoms. The van der Waals surface area contributed by atoms with E-state index < -0.39 is 0 Å². The van der Waals surface area contributed by atoms with Crippen LogP contribution in [0.5, 0.6) is 0 Å². The maximum atomic E-state index is 4.64. The summed E-state index contributed by atoms with van der Waals surface area (Å²) < 4.78 is 2.00. The fourth-order valence-corrected chi connectivity index (χ4v) is 5.60.